The van der Waals surface area contributed by atoms with Crippen LogP contribution in [0.25, 0.3) is 0 Å². The van der Waals surface area contributed by atoms with Crippen molar-refractivity contribution in [1.82, 2.24) is 0 Å². The van der Waals surface area contributed by atoms with Gasteiger partial charge in [0, 0.05) is 5.92 Å². The first-order chi connectivity index (χ1) is 2.81. The van der Waals surface area contributed by atoms with E-state index in [1.54, 1.807) is 0 Å². The highest BCUT2D eigenvalue weighted by atomic mass is 13.9. The van der Waals surface area contributed by atoms with Crippen LogP contribution in [0.15, 0.2) is 0 Å². The van der Waals surface area contributed by atoms with Gasteiger partial charge >= 0.3 is 0 Å². The van der Waals surface area contributed by atoms with E-state index in [0.717, 1.165) is 6.42 Å². The summed E-state index contributed by atoms with van der Waals surface area (Å²) in [6.45, 7) is 4.03. The highest BCUT2D eigenvalue weighted by Gasteiger charge is 1.85. The van der Waals surface area contributed by atoms with E-state index in [-0.39, 0.29) is 0 Å². The second-order valence-corrected chi connectivity index (χ2v) is 1.45. The van der Waals surface area contributed by atoms with E-state index in [4.69, 9.17) is 6.42 Å². The molecule has 0 spiro atoms. The maximum atomic E-state index is 6.56. The Morgan fingerprint density at radius 1 is 1.83 bits per heavy atom. The standard InChI is InChI=1S/C6H9/c1-4-6(3)5-2/h6H,4H2,1,3H3. The van der Waals surface area contributed by atoms with Crippen LogP contribution in [0.5, 0.6) is 0 Å². The normalized spacial score (nSPS) is 12.8. The van der Waals surface area contributed by atoms with Crippen LogP contribution in [0, 0.1) is 18.3 Å². The highest BCUT2D eigenvalue weighted by Crippen LogP contribution is 1.94. The van der Waals surface area contributed by atoms with E-state index in [1.807, 2.05) is 13.8 Å². The average Bonchev–Trinajstić information content (AvgIpc) is 1.65. The molecule has 0 saturated heterocycles. The van der Waals surface area contributed by atoms with E-state index >= 15 is 0 Å². The molecule has 0 N–H and O–H groups in total. The number of rotatable bonds is 1. The summed E-state index contributed by atoms with van der Waals surface area (Å²) in [5.74, 6) is 2.72. The minimum absolute atomic E-state index is 0.352. The summed E-state index contributed by atoms with van der Waals surface area (Å²) in [7, 11) is 0. The van der Waals surface area contributed by atoms with Crippen LogP contribution < -0.4 is 0 Å². The summed E-state index contributed by atoms with van der Waals surface area (Å²) in [5, 5.41) is 0. The van der Waals surface area contributed by atoms with Gasteiger partial charge in [-0.1, -0.05) is 19.8 Å². The second-order valence-electron chi connectivity index (χ2n) is 1.45. The zero-order chi connectivity index (χ0) is 4.99. The maximum absolute atomic E-state index is 6.56. The van der Waals surface area contributed by atoms with Gasteiger partial charge in [-0.15, -0.1) is 0 Å². The minimum atomic E-state index is 0.352. The lowest BCUT2D eigenvalue weighted by Gasteiger charge is -1.90. The van der Waals surface area contributed by atoms with E-state index < -0.39 is 0 Å². The molecular weight excluding hydrogens is 72.1 g/mol. The molecule has 0 fully saturated rings. The molecule has 0 aromatic carbocycles. The predicted molar refractivity (Wildman–Crippen MR) is 26.6 cm³/mol. The Balaban J connectivity index is 3.04. The molecule has 1 radical (unpaired) electrons. The monoisotopic (exact) mass is 81.1 g/mol. The third-order valence-corrected chi connectivity index (χ3v) is 0.859. The fourth-order valence-corrected chi connectivity index (χ4v) is 0.102. The van der Waals surface area contributed by atoms with E-state index in [1.165, 1.54) is 0 Å². The molecule has 1 atom stereocenters. The Kier molecular flexibility index (Phi) is 2.58. The SMILES string of the molecule is [C]#CC(C)CC. The highest BCUT2D eigenvalue weighted by molar-refractivity contribution is 4.81. The van der Waals surface area contributed by atoms with E-state index in [9.17, 15) is 0 Å². The molecule has 0 heteroatoms. The fraction of sp³-hybridized carbons (Fsp3) is 0.667. The van der Waals surface area contributed by atoms with E-state index in [2.05, 4.69) is 5.92 Å². The van der Waals surface area contributed by atoms with Crippen molar-refractivity contribution in [2.75, 3.05) is 0 Å². The summed E-state index contributed by atoms with van der Waals surface area (Å²) < 4.78 is 0. The Morgan fingerprint density at radius 2 is 2.33 bits per heavy atom. The molecule has 0 heterocycles. The lowest BCUT2D eigenvalue weighted by Crippen LogP contribution is -1.81. The molecule has 0 amide bonds. The van der Waals surface area contributed by atoms with Gasteiger partial charge in [-0.2, -0.15) is 0 Å². The first-order valence-corrected chi connectivity index (χ1v) is 2.23. The molecule has 0 aliphatic heterocycles. The van der Waals surface area contributed by atoms with Crippen LogP contribution in [-0.4, -0.2) is 0 Å². The van der Waals surface area contributed by atoms with Gasteiger partial charge in [-0.25, -0.2) is 0 Å². The molecule has 0 aromatic heterocycles. The number of hydrogen-bond donors (Lipinski definition) is 0. The first-order valence-electron chi connectivity index (χ1n) is 2.23. The minimum Gasteiger partial charge on any atom is -0.0860 e. The molecule has 0 saturated carbocycles. The van der Waals surface area contributed by atoms with Gasteiger partial charge in [0.25, 0.3) is 0 Å². The average molecular weight is 81.1 g/mol. The molecule has 33 valence electrons. The third-order valence-electron chi connectivity index (χ3n) is 0.859. The molecule has 0 aromatic rings. The Bertz CT molecular complexity index is 56.9. The largest absolute Gasteiger partial charge is 0.0860 e. The first kappa shape index (κ1) is 5.56. The smallest absolute Gasteiger partial charge is 0.0182 e. The molecule has 0 bridgehead atoms. The summed E-state index contributed by atoms with van der Waals surface area (Å²) >= 11 is 0. The van der Waals surface area contributed by atoms with Crippen molar-refractivity contribution in [3.05, 3.63) is 6.42 Å². The lowest BCUT2D eigenvalue weighted by atomic mass is 10.1. The molecule has 1 unspecified atom stereocenters. The predicted octanol–water partition coefficient (Wildman–Crippen LogP) is 1.62. The van der Waals surface area contributed by atoms with Crippen molar-refractivity contribution in [1.29, 1.82) is 0 Å². The molecular formula is C6H9. The van der Waals surface area contributed by atoms with Crippen molar-refractivity contribution in [3.63, 3.8) is 0 Å². The summed E-state index contributed by atoms with van der Waals surface area (Å²) in [6, 6.07) is 0. The maximum Gasteiger partial charge on any atom is 0.0182 e. The van der Waals surface area contributed by atoms with Crippen molar-refractivity contribution in [2.24, 2.45) is 5.92 Å². The molecule has 0 rings (SSSR count). The van der Waals surface area contributed by atoms with Crippen molar-refractivity contribution >= 4 is 0 Å². The van der Waals surface area contributed by atoms with Crippen LogP contribution in [0.2, 0.25) is 0 Å². The quantitative estimate of drug-likeness (QED) is 0.421. The Hall–Kier alpha value is -0.440. The lowest BCUT2D eigenvalue weighted by molar-refractivity contribution is 0.723. The van der Waals surface area contributed by atoms with Gasteiger partial charge in [0.15, 0.2) is 0 Å². The Labute approximate surface area is 39.6 Å². The second kappa shape index (κ2) is 2.78. The van der Waals surface area contributed by atoms with Crippen LogP contribution in [0.1, 0.15) is 20.3 Å². The van der Waals surface area contributed by atoms with Gasteiger partial charge in [0.1, 0.15) is 0 Å². The summed E-state index contributed by atoms with van der Waals surface area (Å²) in [5.41, 5.74) is 0. The Morgan fingerprint density at radius 3 is 2.33 bits per heavy atom. The fourth-order valence-electron chi connectivity index (χ4n) is 0.102. The van der Waals surface area contributed by atoms with Gasteiger partial charge in [0.2, 0.25) is 0 Å². The zero-order valence-electron chi connectivity index (χ0n) is 4.28. The van der Waals surface area contributed by atoms with Gasteiger partial charge < -0.3 is 0 Å². The third kappa shape index (κ3) is 1.84. The summed E-state index contributed by atoms with van der Waals surface area (Å²) in [4.78, 5) is 0. The topological polar surface area (TPSA) is 0 Å². The number of hydrogen-bond acceptors (Lipinski definition) is 0. The van der Waals surface area contributed by atoms with Crippen LogP contribution in [0.3, 0.4) is 0 Å². The van der Waals surface area contributed by atoms with Gasteiger partial charge in [-0.05, 0) is 12.8 Å². The van der Waals surface area contributed by atoms with Crippen LogP contribution >= 0.6 is 0 Å². The zero-order valence-corrected chi connectivity index (χ0v) is 4.28. The van der Waals surface area contributed by atoms with Gasteiger partial charge in [0.05, 0.1) is 0 Å². The van der Waals surface area contributed by atoms with Gasteiger partial charge in [-0.3, -0.25) is 0 Å². The molecule has 0 aliphatic carbocycles. The molecule has 6 heavy (non-hydrogen) atoms. The molecule has 0 aliphatic rings. The van der Waals surface area contributed by atoms with E-state index in [0.29, 0.717) is 5.92 Å². The van der Waals surface area contributed by atoms with Crippen molar-refractivity contribution in [3.8, 4) is 5.92 Å². The van der Waals surface area contributed by atoms with Crippen LogP contribution in [-0.2, 0) is 0 Å². The van der Waals surface area contributed by atoms with Crippen molar-refractivity contribution < 1.29 is 0 Å². The summed E-state index contributed by atoms with van der Waals surface area (Å²) in [6.07, 6.45) is 7.59. The van der Waals surface area contributed by atoms with Crippen LogP contribution in [0.4, 0.5) is 0 Å². The van der Waals surface area contributed by atoms with Crippen molar-refractivity contribution in [2.45, 2.75) is 20.3 Å². The molecule has 0 nitrogen and oxygen atoms in total.